The van der Waals surface area contributed by atoms with Crippen molar-refractivity contribution in [2.45, 2.75) is 58.9 Å². The molecule has 2 N–H and O–H groups in total. The molecule has 1 aliphatic carbocycles. The highest BCUT2D eigenvalue weighted by molar-refractivity contribution is 5.81. The van der Waals surface area contributed by atoms with E-state index in [-0.39, 0.29) is 5.54 Å². The average Bonchev–Trinajstić information content (AvgIpc) is 2.59. The van der Waals surface area contributed by atoms with Gasteiger partial charge in [-0.25, -0.2) is 0 Å². The maximum absolute atomic E-state index is 6.15. The second kappa shape index (κ2) is 5.10. The summed E-state index contributed by atoms with van der Waals surface area (Å²) in [4.78, 5) is 7.04. The molecule has 0 amide bonds. The Hall–Kier alpha value is -0.730. The van der Waals surface area contributed by atoms with E-state index in [0.29, 0.717) is 0 Å². The Labute approximate surface area is 112 Å². The fraction of sp³-hybridized carbons (Fsp3) is 0.933. The Morgan fingerprint density at radius 2 is 2.17 bits per heavy atom. The van der Waals surface area contributed by atoms with E-state index in [2.05, 4.69) is 37.6 Å². The van der Waals surface area contributed by atoms with Crippen LogP contribution in [0, 0.1) is 17.8 Å². The van der Waals surface area contributed by atoms with Crippen LogP contribution in [0.25, 0.3) is 0 Å². The molecule has 3 nitrogen and oxygen atoms in total. The molecule has 2 rings (SSSR count). The smallest absolute Gasteiger partial charge is 0.191 e. The molecule has 1 saturated carbocycles. The zero-order valence-electron chi connectivity index (χ0n) is 12.4. The van der Waals surface area contributed by atoms with E-state index in [1.807, 2.05) is 0 Å². The summed E-state index contributed by atoms with van der Waals surface area (Å²) in [6.45, 7) is 11.3. The minimum atomic E-state index is 0.228. The Morgan fingerprint density at radius 1 is 1.44 bits per heavy atom. The van der Waals surface area contributed by atoms with Crippen LogP contribution < -0.4 is 5.73 Å². The molecule has 0 radical (unpaired) electrons. The van der Waals surface area contributed by atoms with Gasteiger partial charge < -0.3 is 10.6 Å². The molecule has 104 valence electrons. The number of nitrogens with two attached hydrogens (primary N) is 1. The zero-order valence-corrected chi connectivity index (χ0v) is 12.4. The summed E-state index contributed by atoms with van der Waals surface area (Å²) < 4.78 is 0. The quantitative estimate of drug-likeness (QED) is 0.838. The lowest BCUT2D eigenvalue weighted by atomic mass is 9.64. The second-order valence-electron chi connectivity index (χ2n) is 6.67. The van der Waals surface area contributed by atoms with Crippen molar-refractivity contribution < 1.29 is 0 Å². The first kappa shape index (κ1) is 13.7. The first-order valence-electron chi connectivity index (χ1n) is 7.58. The van der Waals surface area contributed by atoms with Gasteiger partial charge in [-0.3, -0.25) is 4.99 Å². The van der Waals surface area contributed by atoms with Crippen molar-refractivity contribution >= 4 is 5.96 Å². The van der Waals surface area contributed by atoms with Gasteiger partial charge in [0.05, 0.1) is 12.1 Å². The van der Waals surface area contributed by atoms with Gasteiger partial charge >= 0.3 is 0 Å². The van der Waals surface area contributed by atoms with Crippen LogP contribution in [0.1, 0.15) is 53.4 Å². The van der Waals surface area contributed by atoms with Crippen LogP contribution >= 0.6 is 0 Å². The van der Waals surface area contributed by atoms with Gasteiger partial charge in [-0.05, 0) is 37.0 Å². The molecule has 1 fully saturated rings. The van der Waals surface area contributed by atoms with Gasteiger partial charge in [-0.2, -0.15) is 0 Å². The molecule has 1 spiro atoms. The van der Waals surface area contributed by atoms with Crippen LogP contribution in [-0.4, -0.2) is 29.5 Å². The van der Waals surface area contributed by atoms with Gasteiger partial charge in [0.2, 0.25) is 0 Å². The van der Waals surface area contributed by atoms with E-state index >= 15 is 0 Å². The van der Waals surface area contributed by atoms with Crippen molar-refractivity contribution in [3.05, 3.63) is 0 Å². The molecule has 2 aliphatic rings. The third-order valence-corrected chi connectivity index (χ3v) is 4.94. The summed E-state index contributed by atoms with van der Waals surface area (Å²) in [7, 11) is 0. The van der Waals surface area contributed by atoms with E-state index < -0.39 is 0 Å². The third-order valence-electron chi connectivity index (χ3n) is 4.94. The molecule has 3 unspecified atom stereocenters. The summed E-state index contributed by atoms with van der Waals surface area (Å²) in [6, 6.07) is 0. The summed E-state index contributed by atoms with van der Waals surface area (Å²) >= 11 is 0. The van der Waals surface area contributed by atoms with Gasteiger partial charge in [-0.15, -0.1) is 0 Å². The van der Waals surface area contributed by atoms with Gasteiger partial charge in [0.1, 0.15) is 0 Å². The predicted molar refractivity (Wildman–Crippen MR) is 77.6 cm³/mol. The lowest BCUT2D eigenvalue weighted by Gasteiger charge is -2.51. The fourth-order valence-electron chi connectivity index (χ4n) is 4.21. The maximum Gasteiger partial charge on any atom is 0.191 e. The first-order valence-corrected chi connectivity index (χ1v) is 7.58. The molecule has 1 aliphatic heterocycles. The van der Waals surface area contributed by atoms with Gasteiger partial charge in [-0.1, -0.05) is 34.1 Å². The van der Waals surface area contributed by atoms with Crippen molar-refractivity contribution in [2.75, 3.05) is 13.1 Å². The Morgan fingerprint density at radius 3 is 2.78 bits per heavy atom. The van der Waals surface area contributed by atoms with Gasteiger partial charge in [0, 0.05) is 6.54 Å². The van der Waals surface area contributed by atoms with Crippen LogP contribution in [0.3, 0.4) is 0 Å². The van der Waals surface area contributed by atoms with E-state index in [4.69, 9.17) is 5.73 Å². The number of hydrogen-bond acceptors (Lipinski definition) is 3. The largest absolute Gasteiger partial charge is 0.370 e. The number of aliphatic imine (C=N–C) groups is 1. The molecule has 0 aromatic heterocycles. The number of rotatable bonds is 3. The molecular weight excluding hydrogens is 222 g/mol. The van der Waals surface area contributed by atoms with Crippen LogP contribution in [0.2, 0.25) is 0 Å². The highest BCUT2D eigenvalue weighted by Crippen LogP contribution is 2.46. The SMILES string of the molecule is CCCN1C(N)=NCC12CC(C)CCC2C(C)C. The predicted octanol–water partition coefficient (Wildman–Crippen LogP) is 2.86. The van der Waals surface area contributed by atoms with Crippen molar-refractivity contribution in [2.24, 2.45) is 28.5 Å². The Kier molecular flexibility index (Phi) is 3.88. The molecule has 0 bridgehead atoms. The lowest BCUT2D eigenvalue weighted by Crippen LogP contribution is -2.59. The van der Waals surface area contributed by atoms with Crippen LogP contribution in [-0.2, 0) is 0 Å². The van der Waals surface area contributed by atoms with Crippen molar-refractivity contribution in [1.82, 2.24) is 4.90 Å². The summed E-state index contributed by atoms with van der Waals surface area (Å²) in [6.07, 6.45) is 5.11. The number of hydrogen-bond donors (Lipinski definition) is 1. The van der Waals surface area contributed by atoms with E-state index in [0.717, 1.165) is 43.2 Å². The maximum atomic E-state index is 6.15. The molecule has 0 aromatic rings. The van der Waals surface area contributed by atoms with E-state index in [9.17, 15) is 0 Å². The van der Waals surface area contributed by atoms with Crippen LogP contribution in [0.15, 0.2) is 4.99 Å². The molecule has 1 heterocycles. The average molecular weight is 251 g/mol. The fourth-order valence-corrected chi connectivity index (χ4v) is 4.21. The Bertz CT molecular complexity index is 324. The van der Waals surface area contributed by atoms with Gasteiger partial charge in [0.15, 0.2) is 5.96 Å². The normalized spacial score (nSPS) is 36.5. The van der Waals surface area contributed by atoms with Gasteiger partial charge in [0.25, 0.3) is 0 Å². The lowest BCUT2D eigenvalue weighted by molar-refractivity contribution is 0.0237. The third kappa shape index (κ3) is 2.12. The Balaban J connectivity index is 2.29. The highest BCUT2D eigenvalue weighted by atomic mass is 15.4. The van der Waals surface area contributed by atoms with Crippen molar-refractivity contribution in [3.63, 3.8) is 0 Å². The van der Waals surface area contributed by atoms with Crippen LogP contribution in [0.5, 0.6) is 0 Å². The summed E-state index contributed by atoms with van der Waals surface area (Å²) in [5.41, 5.74) is 6.38. The number of guanidine groups is 1. The molecule has 3 atom stereocenters. The molecule has 3 heteroatoms. The second-order valence-corrected chi connectivity index (χ2v) is 6.67. The summed E-state index contributed by atoms with van der Waals surface area (Å²) in [5, 5.41) is 0. The first-order chi connectivity index (χ1) is 8.51. The standard InChI is InChI=1S/C15H29N3/c1-5-8-18-14(16)17-10-15(18)9-12(4)6-7-13(15)11(2)3/h11-13H,5-10H2,1-4H3,(H2,16,17). The molecular formula is C15H29N3. The van der Waals surface area contributed by atoms with E-state index in [1.54, 1.807) is 0 Å². The summed E-state index contributed by atoms with van der Waals surface area (Å²) in [5.74, 6) is 3.06. The van der Waals surface area contributed by atoms with Crippen molar-refractivity contribution in [1.29, 1.82) is 0 Å². The molecule has 0 aromatic carbocycles. The van der Waals surface area contributed by atoms with Crippen LogP contribution in [0.4, 0.5) is 0 Å². The monoisotopic (exact) mass is 251 g/mol. The topological polar surface area (TPSA) is 41.6 Å². The number of nitrogens with zero attached hydrogens (tertiary/aromatic N) is 2. The van der Waals surface area contributed by atoms with Crippen molar-refractivity contribution in [3.8, 4) is 0 Å². The molecule has 0 saturated heterocycles. The minimum Gasteiger partial charge on any atom is -0.370 e. The highest BCUT2D eigenvalue weighted by Gasteiger charge is 2.51. The zero-order chi connectivity index (χ0) is 13.3. The van der Waals surface area contributed by atoms with E-state index in [1.165, 1.54) is 19.3 Å². The molecule has 18 heavy (non-hydrogen) atoms. The minimum absolute atomic E-state index is 0.228.